The van der Waals surface area contributed by atoms with Crippen molar-refractivity contribution in [2.75, 3.05) is 31.3 Å². The van der Waals surface area contributed by atoms with Crippen molar-refractivity contribution in [3.05, 3.63) is 0 Å². The quantitative estimate of drug-likeness (QED) is 0.0713. The molecule has 2 fully saturated rings. The number of hydrogen-bond donors (Lipinski definition) is 11. The molecule has 0 bridgehead atoms. The largest absolute Gasteiger partial charge is 0.480 e. The van der Waals surface area contributed by atoms with Gasteiger partial charge < -0.3 is 66.1 Å². The molecule has 0 spiro atoms. The number of carbonyl (C=O) groups is 3. The average molecular weight is 633 g/mol. The molecule has 0 aliphatic carbocycles. The minimum absolute atomic E-state index is 0.0187. The zero-order chi connectivity index (χ0) is 30.7. The number of rotatable bonds is 16. The smallest absolute Gasteiger partial charge is 0.326 e. The number of nitrogens with one attached hydrogen (secondary N) is 2. The molecule has 11 atom stereocenters. The summed E-state index contributed by atoms with van der Waals surface area (Å²) in [5.74, 6) is -1.91. The van der Waals surface area contributed by atoms with Crippen LogP contribution in [0.3, 0.4) is 0 Å². The molecule has 2 heterocycles. The molecule has 0 aromatic rings. The van der Waals surface area contributed by atoms with E-state index in [0.717, 1.165) is 23.5 Å². The fourth-order valence-electron chi connectivity index (χ4n) is 4.09. The Morgan fingerprint density at radius 3 is 1.61 bits per heavy atom. The van der Waals surface area contributed by atoms with Crippen molar-refractivity contribution in [2.24, 2.45) is 0 Å². The van der Waals surface area contributed by atoms with Gasteiger partial charge in [0, 0.05) is 30.9 Å². The van der Waals surface area contributed by atoms with Crippen LogP contribution in [0.2, 0.25) is 0 Å². The number of aliphatic hydroxyl groups excluding tert-OH is 8. The van der Waals surface area contributed by atoms with E-state index in [1.165, 1.54) is 0 Å². The van der Waals surface area contributed by atoms with Gasteiger partial charge in [0.15, 0.2) is 0 Å². The second-order valence-electron chi connectivity index (χ2n) is 9.59. The van der Waals surface area contributed by atoms with E-state index < -0.39 is 90.8 Å². The highest BCUT2D eigenvalue weighted by atomic mass is 32.2. The molecule has 18 heteroatoms. The lowest BCUT2D eigenvalue weighted by Crippen LogP contribution is -2.57. The highest BCUT2D eigenvalue weighted by Gasteiger charge is 2.44. The number of aliphatic hydroxyl groups is 8. The molecule has 2 aliphatic rings. The SMILES string of the molecule is O=C(CCS[C@H]1O[C@H](CO)[C@@H](O)[C@H](O)[C@@H]1O)NCCC[C@H](NC(=O)CCS[C@H]1O[C@H](CO)[C@@H](O)[C@H](O)[C@@H]1O)C(=O)O. The number of carbonyl (C=O) groups excluding carboxylic acids is 2. The Kier molecular flexibility index (Phi) is 15.5. The van der Waals surface area contributed by atoms with Crippen LogP contribution in [0.5, 0.6) is 0 Å². The Morgan fingerprint density at radius 1 is 0.707 bits per heavy atom. The molecular formula is C23H40N2O14S2. The van der Waals surface area contributed by atoms with Crippen molar-refractivity contribution in [3.8, 4) is 0 Å². The molecular weight excluding hydrogens is 592 g/mol. The van der Waals surface area contributed by atoms with E-state index in [1.54, 1.807) is 0 Å². The predicted octanol–water partition coefficient (Wildman–Crippen LogP) is -4.70. The number of carboxylic acids is 1. The van der Waals surface area contributed by atoms with Crippen LogP contribution in [0, 0.1) is 0 Å². The van der Waals surface area contributed by atoms with Gasteiger partial charge in [0.2, 0.25) is 11.8 Å². The minimum atomic E-state index is -1.54. The monoisotopic (exact) mass is 632 g/mol. The number of thioether (sulfide) groups is 2. The summed E-state index contributed by atoms with van der Waals surface area (Å²) >= 11 is 2.00. The van der Waals surface area contributed by atoms with Crippen LogP contribution < -0.4 is 10.6 Å². The fraction of sp³-hybridized carbons (Fsp3) is 0.870. The molecule has 41 heavy (non-hydrogen) atoms. The van der Waals surface area contributed by atoms with Gasteiger partial charge in [0.1, 0.15) is 65.7 Å². The van der Waals surface area contributed by atoms with E-state index in [1.807, 2.05) is 0 Å². The number of aliphatic carboxylic acids is 1. The fourth-order valence-corrected chi connectivity index (χ4v) is 6.32. The molecule has 2 aliphatic heterocycles. The van der Waals surface area contributed by atoms with Crippen LogP contribution in [-0.4, -0.2) is 161 Å². The molecule has 2 amide bonds. The summed E-state index contributed by atoms with van der Waals surface area (Å²) in [7, 11) is 0. The molecule has 2 saturated heterocycles. The number of ether oxygens (including phenoxy) is 2. The maximum atomic E-state index is 12.2. The van der Waals surface area contributed by atoms with E-state index in [-0.39, 0.29) is 49.6 Å². The van der Waals surface area contributed by atoms with Crippen LogP contribution in [0.1, 0.15) is 25.7 Å². The van der Waals surface area contributed by atoms with Gasteiger partial charge in [-0.25, -0.2) is 4.79 Å². The summed E-state index contributed by atoms with van der Waals surface area (Å²) in [5, 5.41) is 92.1. The van der Waals surface area contributed by atoms with E-state index in [0.29, 0.717) is 0 Å². The Hall–Kier alpha value is -1.29. The first kappa shape index (κ1) is 35.9. The first-order valence-corrected chi connectivity index (χ1v) is 15.1. The first-order chi connectivity index (χ1) is 19.4. The molecule has 238 valence electrons. The molecule has 0 radical (unpaired) electrons. The summed E-state index contributed by atoms with van der Waals surface area (Å²) in [6, 6.07) is -1.21. The Balaban J connectivity index is 1.64. The topological polar surface area (TPSA) is 276 Å². The first-order valence-electron chi connectivity index (χ1n) is 13.0. The van der Waals surface area contributed by atoms with Gasteiger partial charge in [0.25, 0.3) is 0 Å². The molecule has 11 N–H and O–H groups in total. The maximum absolute atomic E-state index is 12.2. The number of carboxylic acid groups (broad SMARTS) is 1. The minimum Gasteiger partial charge on any atom is -0.480 e. The van der Waals surface area contributed by atoms with Gasteiger partial charge in [-0.2, -0.15) is 0 Å². The maximum Gasteiger partial charge on any atom is 0.326 e. The van der Waals surface area contributed by atoms with Crippen molar-refractivity contribution in [1.29, 1.82) is 0 Å². The van der Waals surface area contributed by atoms with Gasteiger partial charge in [-0.15, -0.1) is 23.5 Å². The summed E-state index contributed by atoms with van der Waals surface area (Å²) in [6.07, 6.45) is -10.8. The lowest BCUT2D eigenvalue weighted by atomic mass is 10.0. The lowest BCUT2D eigenvalue weighted by Gasteiger charge is -2.39. The van der Waals surface area contributed by atoms with E-state index >= 15 is 0 Å². The van der Waals surface area contributed by atoms with E-state index in [2.05, 4.69) is 10.6 Å². The Bertz CT molecular complexity index is 840. The Morgan fingerprint density at radius 2 is 1.17 bits per heavy atom. The Labute approximate surface area is 244 Å². The van der Waals surface area contributed by atoms with Crippen molar-refractivity contribution in [3.63, 3.8) is 0 Å². The van der Waals surface area contributed by atoms with Crippen molar-refractivity contribution >= 4 is 41.3 Å². The molecule has 0 aromatic heterocycles. The second-order valence-corrected chi connectivity index (χ2v) is 12.0. The molecule has 0 saturated carbocycles. The van der Waals surface area contributed by atoms with Gasteiger partial charge in [-0.05, 0) is 12.8 Å². The van der Waals surface area contributed by atoms with Crippen LogP contribution in [-0.2, 0) is 23.9 Å². The number of amides is 2. The van der Waals surface area contributed by atoms with Gasteiger partial charge in [-0.1, -0.05) is 0 Å². The zero-order valence-electron chi connectivity index (χ0n) is 22.1. The van der Waals surface area contributed by atoms with E-state index in [9.17, 15) is 60.3 Å². The summed E-state index contributed by atoms with van der Waals surface area (Å²) < 4.78 is 10.7. The summed E-state index contributed by atoms with van der Waals surface area (Å²) in [6.45, 7) is -0.998. The lowest BCUT2D eigenvalue weighted by molar-refractivity contribution is -0.205. The van der Waals surface area contributed by atoms with E-state index in [4.69, 9.17) is 9.47 Å². The summed E-state index contributed by atoms with van der Waals surface area (Å²) in [5.41, 5.74) is -1.96. The van der Waals surface area contributed by atoms with Crippen LogP contribution in [0.15, 0.2) is 0 Å². The third-order valence-electron chi connectivity index (χ3n) is 6.54. The predicted molar refractivity (Wildman–Crippen MR) is 143 cm³/mol. The molecule has 0 unspecified atom stereocenters. The highest BCUT2D eigenvalue weighted by Crippen LogP contribution is 2.30. The van der Waals surface area contributed by atoms with Crippen LogP contribution in [0.25, 0.3) is 0 Å². The third-order valence-corrected chi connectivity index (χ3v) is 8.86. The average Bonchev–Trinajstić information content (AvgIpc) is 2.94. The second kappa shape index (κ2) is 17.7. The standard InChI is InChI=1S/C23H40N2O14S2/c26-8-11-15(30)17(32)19(34)22(38-11)40-6-3-13(28)24-5-1-2-10(21(36)37)25-14(29)4-7-41-23-20(35)18(33)16(31)12(9-27)39-23/h10-12,15-20,22-23,26-27,30-35H,1-9H2,(H,24,28)(H,25,29)(H,36,37)/t10-,11+,12+,15+,16+,17-,18-,19-,20-,22+,23+/m0/s1. The van der Waals surface area contributed by atoms with Crippen molar-refractivity contribution in [1.82, 2.24) is 10.6 Å². The molecule has 16 nitrogen and oxygen atoms in total. The molecule has 2 rings (SSSR count). The number of hydrogen-bond acceptors (Lipinski definition) is 15. The third kappa shape index (κ3) is 10.7. The van der Waals surface area contributed by atoms with Gasteiger partial charge in [0.05, 0.1) is 13.2 Å². The van der Waals surface area contributed by atoms with Gasteiger partial charge in [-0.3, -0.25) is 9.59 Å². The van der Waals surface area contributed by atoms with Crippen molar-refractivity contribution in [2.45, 2.75) is 91.4 Å². The summed E-state index contributed by atoms with van der Waals surface area (Å²) in [4.78, 5) is 35.9. The van der Waals surface area contributed by atoms with Gasteiger partial charge >= 0.3 is 5.97 Å². The normalized spacial score (nSPS) is 34.5. The highest BCUT2D eigenvalue weighted by molar-refractivity contribution is 8.00. The zero-order valence-corrected chi connectivity index (χ0v) is 23.7. The van der Waals surface area contributed by atoms with Crippen molar-refractivity contribution < 1.29 is 69.8 Å². The van der Waals surface area contributed by atoms with Crippen LogP contribution >= 0.6 is 23.5 Å². The molecule has 0 aromatic carbocycles. The van der Waals surface area contributed by atoms with Crippen LogP contribution in [0.4, 0.5) is 0 Å².